The van der Waals surface area contributed by atoms with E-state index in [1.54, 1.807) is 6.07 Å². The molecule has 2 aromatic carbocycles. The number of rotatable bonds is 5. The molecule has 0 heterocycles. The first-order valence-corrected chi connectivity index (χ1v) is 7.19. The van der Waals surface area contributed by atoms with Gasteiger partial charge in [0.2, 0.25) is 0 Å². The number of anilines is 1. The lowest BCUT2D eigenvalue weighted by Gasteiger charge is -2.15. The summed E-state index contributed by atoms with van der Waals surface area (Å²) in [5.74, 6) is -0.314. The Balaban J connectivity index is 1.90. The summed E-state index contributed by atoms with van der Waals surface area (Å²) in [5.41, 5.74) is 3.34. The van der Waals surface area contributed by atoms with E-state index < -0.39 is 0 Å². The first-order valence-electron chi connectivity index (χ1n) is 6.81. The Morgan fingerprint density at radius 3 is 2.70 bits per heavy atom. The number of nitrogens with one attached hydrogen (secondary N) is 1. The molecule has 2 aromatic rings. The third kappa shape index (κ3) is 4.53. The molecule has 3 heteroatoms. The van der Waals surface area contributed by atoms with Gasteiger partial charge in [0.1, 0.15) is 5.82 Å². The number of halogens is 2. The highest BCUT2D eigenvalue weighted by Crippen LogP contribution is 2.19. The summed E-state index contributed by atoms with van der Waals surface area (Å²) in [5, 5.41) is 3.70. The van der Waals surface area contributed by atoms with Crippen molar-refractivity contribution < 1.29 is 4.39 Å². The summed E-state index contributed by atoms with van der Waals surface area (Å²) in [6, 6.07) is 13.3. The van der Waals surface area contributed by atoms with Crippen molar-refractivity contribution in [1.29, 1.82) is 0 Å². The van der Waals surface area contributed by atoms with Gasteiger partial charge in [0.15, 0.2) is 0 Å². The average molecular weight is 292 g/mol. The lowest BCUT2D eigenvalue weighted by molar-refractivity contribution is 0.627. The highest BCUT2D eigenvalue weighted by atomic mass is 35.5. The Labute approximate surface area is 124 Å². The molecule has 0 aliphatic rings. The number of benzene rings is 2. The Kier molecular flexibility index (Phi) is 5.02. The molecule has 106 valence electrons. The number of aryl methyl sites for hydroxylation is 2. The summed E-state index contributed by atoms with van der Waals surface area (Å²) < 4.78 is 13.2. The lowest BCUT2D eigenvalue weighted by Crippen LogP contribution is -2.16. The van der Waals surface area contributed by atoms with E-state index in [4.69, 9.17) is 11.6 Å². The highest BCUT2D eigenvalue weighted by Gasteiger charge is 2.05. The van der Waals surface area contributed by atoms with Crippen molar-refractivity contribution in [2.75, 3.05) is 5.32 Å². The Hall–Kier alpha value is -1.54. The van der Waals surface area contributed by atoms with Crippen LogP contribution in [0.25, 0.3) is 0 Å². The fraction of sp³-hybridized carbons (Fsp3) is 0.294. The van der Waals surface area contributed by atoms with Crippen molar-refractivity contribution in [1.82, 2.24) is 0 Å². The van der Waals surface area contributed by atoms with Gasteiger partial charge in [-0.25, -0.2) is 4.39 Å². The van der Waals surface area contributed by atoms with Crippen LogP contribution in [0.15, 0.2) is 42.5 Å². The fourth-order valence-corrected chi connectivity index (χ4v) is 2.47. The lowest BCUT2D eigenvalue weighted by atomic mass is 10.0. The molecule has 1 atom stereocenters. The minimum Gasteiger partial charge on any atom is -0.382 e. The molecule has 0 bridgehead atoms. The number of hydrogen-bond donors (Lipinski definition) is 1. The summed E-state index contributed by atoms with van der Waals surface area (Å²) in [7, 11) is 0. The van der Waals surface area contributed by atoms with E-state index in [0.29, 0.717) is 5.02 Å². The third-order valence-corrected chi connectivity index (χ3v) is 3.44. The smallest absolute Gasteiger partial charge is 0.126 e. The molecule has 20 heavy (non-hydrogen) atoms. The molecule has 0 fully saturated rings. The van der Waals surface area contributed by atoms with Crippen LogP contribution in [-0.2, 0) is 6.42 Å². The molecule has 0 aliphatic carbocycles. The standard InChI is InChI=1S/C17H19ClFN/c1-12-4-3-5-14(8-12)7-6-13(2)20-17-10-15(18)9-16(19)11-17/h3-5,8-11,13,20H,6-7H2,1-2H3. The second kappa shape index (κ2) is 6.76. The highest BCUT2D eigenvalue weighted by molar-refractivity contribution is 6.30. The van der Waals surface area contributed by atoms with Gasteiger partial charge in [-0.15, -0.1) is 0 Å². The zero-order valence-corrected chi connectivity index (χ0v) is 12.5. The molecule has 0 aromatic heterocycles. The second-order valence-corrected chi connectivity index (χ2v) is 5.67. The molecule has 1 unspecified atom stereocenters. The van der Waals surface area contributed by atoms with Gasteiger partial charge in [-0.05, 0) is 50.5 Å². The van der Waals surface area contributed by atoms with Crippen LogP contribution in [0.3, 0.4) is 0 Å². The molecule has 0 aliphatic heterocycles. The quantitative estimate of drug-likeness (QED) is 0.796. The van der Waals surface area contributed by atoms with Gasteiger partial charge in [-0.3, -0.25) is 0 Å². The van der Waals surface area contributed by atoms with E-state index in [0.717, 1.165) is 18.5 Å². The van der Waals surface area contributed by atoms with Crippen LogP contribution in [-0.4, -0.2) is 6.04 Å². The Morgan fingerprint density at radius 1 is 1.20 bits per heavy atom. The maximum atomic E-state index is 13.2. The van der Waals surface area contributed by atoms with E-state index in [1.165, 1.54) is 23.3 Å². The van der Waals surface area contributed by atoms with Gasteiger partial charge in [-0.2, -0.15) is 0 Å². The summed E-state index contributed by atoms with van der Waals surface area (Å²) in [6.07, 6.45) is 1.98. The summed E-state index contributed by atoms with van der Waals surface area (Å²) >= 11 is 5.84. The van der Waals surface area contributed by atoms with E-state index in [-0.39, 0.29) is 11.9 Å². The van der Waals surface area contributed by atoms with Crippen LogP contribution in [0.1, 0.15) is 24.5 Å². The van der Waals surface area contributed by atoms with E-state index in [2.05, 4.69) is 43.4 Å². The van der Waals surface area contributed by atoms with Crippen LogP contribution in [0, 0.1) is 12.7 Å². The van der Waals surface area contributed by atoms with Crippen molar-refractivity contribution in [3.63, 3.8) is 0 Å². The molecular weight excluding hydrogens is 273 g/mol. The van der Waals surface area contributed by atoms with Crippen molar-refractivity contribution in [3.05, 3.63) is 64.4 Å². The Morgan fingerprint density at radius 2 is 2.00 bits per heavy atom. The predicted octanol–water partition coefficient (Wildman–Crippen LogP) is 5.22. The molecular formula is C17H19ClFN. The third-order valence-electron chi connectivity index (χ3n) is 3.22. The van der Waals surface area contributed by atoms with E-state index >= 15 is 0 Å². The topological polar surface area (TPSA) is 12.0 Å². The van der Waals surface area contributed by atoms with E-state index in [9.17, 15) is 4.39 Å². The average Bonchev–Trinajstić information content (AvgIpc) is 2.35. The van der Waals surface area contributed by atoms with Gasteiger partial charge < -0.3 is 5.32 Å². The molecule has 1 nitrogen and oxygen atoms in total. The van der Waals surface area contributed by atoms with Crippen molar-refractivity contribution in [2.24, 2.45) is 0 Å². The molecule has 0 radical (unpaired) electrons. The van der Waals surface area contributed by atoms with Crippen LogP contribution in [0.2, 0.25) is 5.02 Å². The summed E-state index contributed by atoms with van der Waals surface area (Å²) in [6.45, 7) is 4.19. The number of hydrogen-bond acceptors (Lipinski definition) is 1. The largest absolute Gasteiger partial charge is 0.382 e. The molecule has 0 spiro atoms. The first-order chi connectivity index (χ1) is 9.52. The zero-order valence-electron chi connectivity index (χ0n) is 11.8. The maximum Gasteiger partial charge on any atom is 0.126 e. The van der Waals surface area contributed by atoms with Crippen LogP contribution in [0.4, 0.5) is 10.1 Å². The second-order valence-electron chi connectivity index (χ2n) is 5.23. The van der Waals surface area contributed by atoms with Crippen LogP contribution >= 0.6 is 11.6 Å². The van der Waals surface area contributed by atoms with Gasteiger partial charge in [0.05, 0.1) is 0 Å². The van der Waals surface area contributed by atoms with Crippen molar-refractivity contribution >= 4 is 17.3 Å². The molecule has 0 amide bonds. The SMILES string of the molecule is Cc1cccc(CCC(C)Nc2cc(F)cc(Cl)c2)c1. The maximum absolute atomic E-state index is 13.2. The van der Waals surface area contributed by atoms with Gasteiger partial charge >= 0.3 is 0 Å². The van der Waals surface area contributed by atoms with Crippen LogP contribution in [0.5, 0.6) is 0 Å². The van der Waals surface area contributed by atoms with Crippen molar-refractivity contribution in [2.45, 2.75) is 32.7 Å². The molecule has 1 N–H and O–H groups in total. The first kappa shape index (κ1) is 14.9. The molecule has 0 saturated heterocycles. The molecule has 0 saturated carbocycles. The zero-order chi connectivity index (χ0) is 14.5. The summed E-state index contributed by atoms with van der Waals surface area (Å²) in [4.78, 5) is 0. The predicted molar refractivity (Wildman–Crippen MR) is 84.0 cm³/mol. The fourth-order valence-electron chi connectivity index (χ4n) is 2.24. The van der Waals surface area contributed by atoms with Crippen LogP contribution < -0.4 is 5.32 Å². The monoisotopic (exact) mass is 291 g/mol. The minimum atomic E-state index is -0.314. The normalized spacial score (nSPS) is 12.2. The van der Waals surface area contributed by atoms with Crippen molar-refractivity contribution in [3.8, 4) is 0 Å². The van der Waals surface area contributed by atoms with Gasteiger partial charge in [0, 0.05) is 16.8 Å². The van der Waals surface area contributed by atoms with E-state index in [1.807, 2.05) is 0 Å². The minimum absolute atomic E-state index is 0.258. The Bertz CT molecular complexity index is 563. The molecule has 2 rings (SSSR count). The van der Waals surface area contributed by atoms with Gasteiger partial charge in [-0.1, -0.05) is 41.4 Å². The van der Waals surface area contributed by atoms with Gasteiger partial charge in [0.25, 0.3) is 0 Å².